The Kier molecular flexibility index (Phi) is 8.99. The van der Waals surface area contributed by atoms with Crippen LogP contribution in [0.5, 0.6) is 0 Å². The molecule has 4 amide bonds. The number of rotatable bonds is 9. The first-order chi connectivity index (χ1) is 14.8. The molecule has 3 N–H and O–H groups in total. The lowest BCUT2D eigenvalue weighted by Gasteiger charge is -2.24. The largest absolute Gasteiger partial charge is 0.355 e. The summed E-state index contributed by atoms with van der Waals surface area (Å²) in [5, 5.41) is 7.99. The summed E-state index contributed by atoms with van der Waals surface area (Å²) in [4.78, 5) is 38.4. The van der Waals surface area contributed by atoms with Crippen LogP contribution in [0.1, 0.15) is 41.3 Å². The number of carbonyl (C=O) groups excluding carboxylic acids is 3. The molecule has 0 saturated heterocycles. The summed E-state index contributed by atoms with van der Waals surface area (Å²) in [5.41, 5.74) is 2.18. The van der Waals surface area contributed by atoms with Crippen molar-refractivity contribution in [2.75, 3.05) is 14.1 Å². The molecule has 0 aliphatic heterocycles. The molecule has 2 aromatic rings. The first-order valence-electron chi connectivity index (χ1n) is 10.2. The van der Waals surface area contributed by atoms with Crippen molar-refractivity contribution in [2.24, 2.45) is 0 Å². The van der Waals surface area contributed by atoms with Gasteiger partial charge in [0, 0.05) is 32.7 Å². The van der Waals surface area contributed by atoms with Crippen LogP contribution in [0.2, 0.25) is 0 Å². The quantitative estimate of drug-likeness (QED) is 0.574. The van der Waals surface area contributed by atoms with Crippen LogP contribution in [0.25, 0.3) is 0 Å². The van der Waals surface area contributed by atoms with Gasteiger partial charge >= 0.3 is 6.03 Å². The molecule has 2 aromatic carbocycles. The van der Waals surface area contributed by atoms with E-state index < -0.39 is 12.1 Å². The van der Waals surface area contributed by atoms with Gasteiger partial charge in [-0.25, -0.2) is 9.18 Å². The smallest absolute Gasteiger partial charge is 0.315 e. The predicted molar refractivity (Wildman–Crippen MR) is 117 cm³/mol. The fourth-order valence-corrected chi connectivity index (χ4v) is 3.06. The highest BCUT2D eigenvalue weighted by Crippen LogP contribution is 2.10. The van der Waals surface area contributed by atoms with Gasteiger partial charge in [-0.2, -0.15) is 0 Å². The van der Waals surface area contributed by atoms with Crippen LogP contribution < -0.4 is 16.0 Å². The molecular weight excluding hydrogens is 399 g/mol. The second-order valence-corrected chi connectivity index (χ2v) is 7.27. The minimum Gasteiger partial charge on any atom is -0.355 e. The maximum atomic E-state index is 13.0. The number of likely N-dealkylation sites (N-methyl/N-ethyl adjacent to an activating group) is 1. The molecular formula is C23H29FN4O3. The monoisotopic (exact) mass is 428 g/mol. The Labute approximate surface area is 182 Å². The topological polar surface area (TPSA) is 90.5 Å². The summed E-state index contributed by atoms with van der Waals surface area (Å²) in [5.74, 6) is -0.711. The van der Waals surface area contributed by atoms with E-state index in [1.165, 1.54) is 12.1 Å². The number of hydrogen-bond donors (Lipinski definition) is 3. The molecule has 1 unspecified atom stereocenters. The highest BCUT2D eigenvalue weighted by atomic mass is 19.1. The molecule has 0 aliphatic rings. The molecule has 0 bridgehead atoms. The summed E-state index contributed by atoms with van der Waals surface area (Å²) in [7, 11) is 3.25. The number of nitrogens with one attached hydrogen (secondary N) is 3. The second-order valence-electron chi connectivity index (χ2n) is 7.27. The Morgan fingerprint density at radius 3 is 2.19 bits per heavy atom. The lowest BCUT2D eigenvalue weighted by atomic mass is 10.1. The van der Waals surface area contributed by atoms with Crippen LogP contribution in [-0.4, -0.2) is 42.9 Å². The van der Waals surface area contributed by atoms with Crippen LogP contribution in [0.15, 0.2) is 48.5 Å². The van der Waals surface area contributed by atoms with Crippen LogP contribution in [0.3, 0.4) is 0 Å². The number of halogens is 1. The Bertz CT molecular complexity index is 885. The molecule has 166 valence electrons. The summed E-state index contributed by atoms with van der Waals surface area (Å²) in [6, 6.07) is 11.7. The molecule has 0 heterocycles. The third-order valence-corrected chi connectivity index (χ3v) is 4.79. The molecule has 31 heavy (non-hydrogen) atoms. The number of carbonyl (C=O) groups is 3. The van der Waals surface area contributed by atoms with E-state index in [9.17, 15) is 18.8 Å². The number of benzene rings is 2. The van der Waals surface area contributed by atoms with Crippen LogP contribution >= 0.6 is 0 Å². The van der Waals surface area contributed by atoms with E-state index in [1.807, 2.05) is 6.92 Å². The van der Waals surface area contributed by atoms with Crippen LogP contribution in [0.4, 0.5) is 9.18 Å². The van der Waals surface area contributed by atoms with E-state index in [2.05, 4.69) is 16.0 Å². The van der Waals surface area contributed by atoms with Crippen molar-refractivity contribution in [2.45, 2.75) is 38.9 Å². The van der Waals surface area contributed by atoms with Gasteiger partial charge in [0.2, 0.25) is 5.91 Å². The zero-order valence-corrected chi connectivity index (χ0v) is 18.1. The zero-order chi connectivity index (χ0) is 22.8. The third-order valence-electron chi connectivity index (χ3n) is 4.79. The van der Waals surface area contributed by atoms with Gasteiger partial charge in [-0.05, 0) is 41.8 Å². The SMILES string of the molecule is CCCC(NC(=O)NCc1ccc(F)cc1)C(=O)N(C)Cc1ccc(C(=O)NC)cc1. The van der Waals surface area contributed by atoms with Gasteiger partial charge in [-0.1, -0.05) is 37.6 Å². The van der Waals surface area contributed by atoms with E-state index >= 15 is 0 Å². The maximum absolute atomic E-state index is 13.0. The first-order valence-corrected chi connectivity index (χ1v) is 10.2. The Morgan fingerprint density at radius 2 is 1.61 bits per heavy atom. The van der Waals surface area contributed by atoms with Gasteiger partial charge in [0.15, 0.2) is 0 Å². The van der Waals surface area contributed by atoms with Gasteiger partial charge in [-0.3, -0.25) is 9.59 Å². The lowest BCUT2D eigenvalue weighted by Crippen LogP contribution is -2.50. The lowest BCUT2D eigenvalue weighted by molar-refractivity contribution is -0.132. The fraction of sp³-hybridized carbons (Fsp3) is 0.348. The normalized spacial score (nSPS) is 11.4. The summed E-state index contributed by atoms with van der Waals surface area (Å²) >= 11 is 0. The first kappa shape index (κ1) is 23.9. The van der Waals surface area contributed by atoms with Gasteiger partial charge in [0.25, 0.3) is 5.91 Å². The maximum Gasteiger partial charge on any atom is 0.315 e. The highest BCUT2D eigenvalue weighted by Gasteiger charge is 2.23. The Morgan fingerprint density at radius 1 is 1.00 bits per heavy atom. The van der Waals surface area contributed by atoms with Crippen molar-refractivity contribution >= 4 is 17.8 Å². The summed E-state index contributed by atoms with van der Waals surface area (Å²) in [6.07, 6.45) is 1.23. The number of nitrogens with zero attached hydrogens (tertiary/aromatic N) is 1. The van der Waals surface area contributed by atoms with Crippen LogP contribution in [0, 0.1) is 5.82 Å². The fourth-order valence-electron chi connectivity index (χ4n) is 3.06. The molecule has 8 heteroatoms. The summed E-state index contributed by atoms with van der Waals surface area (Å²) in [6.45, 7) is 2.52. The molecule has 0 spiro atoms. The van der Waals surface area contributed by atoms with E-state index in [1.54, 1.807) is 55.4 Å². The zero-order valence-electron chi connectivity index (χ0n) is 18.1. The molecule has 1 atom stereocenters. The van der Waals surface area contributed by atoms with Crippen molar-refractivity contribution in [1.82, 2.24) is 20.9 Å². The third kappa shape index (κ3) is 7.40. The molecule has 0 fully saturated rings. The molecule has 7 nitrogen and oxygen atoms in total. The Balaban J connectivity index is 1.92. The van der Waals surface area contributed by atoms with Gasteiger partial charge < -0.3 is 20.9 Å². The van der Waals surface area contributed by atoms with Crippen molar-refractivity contribution in [3.8, 4) is 0 Å². The molecule has 0 aliphatic carbocycles. The van der Waals surface area contributed by atoms with Crippen LogP contribution in [-0.2, 0) is 17.9 Å². The standard InChI is InChI=1S/C23H29FN4O3/c1-4-5-20(27-23(31)26-14-16-8-12-19(24)13-9-16)22(30)28(3)15-17-6-10-18(11-7-17)21(29)25-2/h6-13,20H,4-5,14-15H2,1-3H3,(H,25,29)(H2,26,27,31). The highest BCUT2D eigenvalue weighted by molar-refractivity contribution is 5.94. The molecule has 0 radical (unpaired) electrons. The van der Waals surface area contributed by atoms with E-state index in [-0.39, 0.29) is 24.2 Å². The van der Waals surface area contributed by atoms with Crippen molar-refractivity contribution in [3.63, 3.8) is 0 Å². The number of urea groups is 1. The van der Waals surface area contributed by atoms with E-state index in [0.29, 0.717) is 18.5 Å². The van der Waals surface area contributed by atoms with Crippen molar-refractivity contribution in [1.29, 1.82) is 0 Å². The van der Waals surface area contributed by atoms with E-state index in [0.717, 1.165) is 17.5 Å². The average molecular weight is 429 g/mol. The minimum atomic E-state index is -0.659. The predicted octanol–water partition coefficient (Wildman–Crippen LogP) is 2.81. The Hall–Kier alpha value is -3.42. The van der Waals surface area contributed by atoms with Crippen molar-refractivity contribution in [3.05, 3.63) is 71.0 Å². The summed E-state index contributed by atoms with van der Waals surface area (Å²) < 4.78 is 13.0. The number of amides is 4. The average Bonchev–Trinajstić information content (AvgIpc) is 2.77. The van der Waals surface area contributed by atoms with Gasteiger partial charge in [0.05, 0.1) is 0 Å². The molecule has 0 saturated carbocycles. The van der Waals surface area contributed by atoms with Crippen molar-refractivity contribution < 1.29 is 18.8 Å². The molecule has 2 rings (SSSR count). The van der Waals surface area contributed by atoms with Gasteiger partial charge in [0.1, 0.15) is 11.9 Å². The second kappa shape index (κ2) is 11.7. The van der Waals surface area contributed by atoms with Gasteiger partial charge in [-0.15, -0.1) is 0 Å². The molecule has 0 aromatic heterocycles. The number of hydrogen-bond acceptors (Lipinski definition) is 3. The van der Waals surface area contributed by atoms with E-state index in [4.69, 9.17) is 0 Å². The minimum absolute atomic E-state index is 0.171.